The van der Waals surface area contributed by atoms with Gasteiger partial charge < -0.3 is 14.5 Å². The van der Waals surface area contributed by atoms with E-state index in [1.54, 1.807) is 42.3 Å². The standard InChI is InChI=1S/C24H22N4O4S/c1-2-31-24(30)21-12-13-28(27-21)20-10-8-18(9-11-20)25-22(29)16-33-15-19-14-32-23(26-19)17-6-4-3-5-7-17/h3-14H,2,15-16H2,1H3,(H,25,29). The summed E-state index contributed by atoms with van der Waals surface area (Å²) in [5.74, 6) is 0.868. The molecular weight excluding hydrogens is 440 g/mol. The van der Waals surface area contributed by atoms with Gasteiger partial charge in [-0.15, -0.1) is 11.8 Å². The van der Waals surface area contributed by atoms with Crippen LogP contribution in [-0.4, -0.2) is 39.0 Å². The molecule has 0 fully saturated rings. The molecule has 1 amide bonds. The summed E-state index contributed by atoms with van der Waals surface area (Å²) in [6.45, 7) is 2.04. The third-order valence-corrected chi connectivity index (χ3v) is 5.51. The third kappa shape index (κ3) is 5.89. The zero-order valence-electron chi connectivity index (χ0n) is 17.9. The number of ether oxygens (including phenoxy) is 1. The number of benzene rings is 2. The zero-order chi connectivity index (χ0) is 23.0. The molecule has 8 nitrogen and oxygen atoms in total. The van der Waals surface area contributed by atoms with Gasteiger partial charge in [0, 0.05) is 23.2 Å². The quantitative estimate of drug-likeness (QED) is 0.364. The predicted octanol–water partition coefficient (Wildman–Crippen LogP) is 4.58. The molecule has 0 atom stereocenters. The molecule has 0 aliphatic rings. The van der Waals surface area contributed by atoms with Crippen LogP contribution in [0.5, 0.6) is 0 Å². The van der Waals surface area contributed by atoms with Crippen LogP contribution >= 0.6 is 11.8 Å². The number of carbonyl (C=O) groups is 2. The lowest BCUT2D eigenvalue weighted by Crippen LogP contribution is -2.14. The van der Waals surface area contributed by atoms with E-state index < -0.39 is 5.97 Å². The SMILES string of the molecule is CCOC(=O)c1ccn(-c2ccc(NC(=O)CSCc3coc(-c4ccccc4)n3)cc2)n1. The number of hydrogen-bond donors (Lipinski definition) is 1. The van der Waals surface area contributed by atoms with Gasteiger partial charge in [-0.1, -0.05) is 18.2 Å². The number of hydrogen-bond acceptors (Lipinski definition) is 7. The number of rotatable bonds is 9. The summed E-state index contributed by atoms with van der Waals surface area (Å²) in [5.41, 5.74) is 3.39. The summed E-state index contributed by atoms with van der Waals surface area (Å²) in [7, 11) is 0. The van der Waals surface area contributed by atoms with Gasteiger partial charge in [-0.05, 0) is 49.4 Å². The lowest BCUT2D eigenvalue weighted by atomic mass is 10.2. The van der Waals surface area contributed by atoms with Crippen LogP contribution in [0.2, 0.25) is 0 Å². The van der Waals surface area contributed by atoms with E-state index in [0.29, 0.717) is 23.9 Å². The molecule has 9 heteroatoms. The highest BCUT2D eigenvalue weighted by Gasteiger charge is 2.11. The molecular formula is C24H22N4O4S. The number of oxazole rings is 1. The molecule has 0 radical (unpaired) electrons. The van der Waals surface area contributed by atoms with E-state index in [2.05, 4.69) is 15.4 Å². The van der Waals surface area contributed by atoms with Crippen molar-refractivity contribution in [2.24, 2.45) is 0 Å². The van der Waals surface area contributed by atoms with E-state index in [9.17, 15) is 9.59 Å². The monoisotopic (exact) mass is 462 g/mol. The number of nitrogens with one attached hydrogen (secondary N) is 1. The first kappa shape index (κ1) is 22.3. The average Bonchev–Trinajstić information content (AvgIpc) is 3.51. The van der Waals surface area contributed by atoms with Crippen LogP contribution in [0.3, 0.4) is 0 Å². The van der Waals surface area contributed by atoms with Crippen LogP contribution in [-0.2, 0) is 15.3 Å². The van der Waals surface area contributed by atoms with Crippen molar-refractivity contribution in [2.75, 3.05) is 17.7 Å². The summed E-state index contributed by atoms with van der Waals surface area (Å²) in [6, 6.07) is 18.5. The molecule has 0 aliphatic heterocycles. The summed E-state index contributed by atoms with van der Waals surface area (Å²) in [6.07, 6.45) is 3.30. The lowest BCUT2D eigenvalue weighted by Gasteiger charge is -2.06. The summed E-state index contributed by atoms with van der Waals surface area (Å²) in [5, 5.41) is 7.09. The average molecular weight is 463 g/mol. The van der Waals surface area contributed by atoms with Crippen molar-refractivity contribution in [3.63, 3.8) is 0 Å². The van der Waals surface area contributed by atoms with E-state index in [1.807, 2.05) is 42.5 Å². The van der Waals surface area contributed by atoms with Gasteiger partial charge in [0.25, 0.3) is 0 Å². The number of esters is 1. The first-order valence-electron chi connectivity index (χ1n) is 10.3. The number of carbonyl (C=O) groups excluding carboxylic acids is 2. The van der Waals surface area contributed by atoms with Gasteiger partial charge in [-0.3, -0.25) is 4.79 Å². The number of anilines is 1. The van der Waals surface area contributed by atoms with E-state index in [4.69, 9.17) is 9.15 Å². The van der Waals surface area contributed by atoms with E-state index >= 15 is 0 Å². The molecule has 0 bridgehead atoms. The Morgan fingerprint density at radius 3 is 2.64 bits per heavy atom. The number of thioether (sulfide) groups is 1. The Hall–Kier alpha value is -3.85. The van der Waals surface area contributed by atoms with Gasteiger partial charge in [0.1, 0.15) is 6.26 Å². The fraction of sp³-hybridized carbons (Fsp3) is 0.167. The second-order valence-electron chi connectivity index (χ2n) is 6.96. The molecule has 168 valence electrons. The number of nitrogens with zero attached hydrogens (tertiary/aromatic N) is 3. The molecule has 0 aliphatic carbocycles. The van der Waals surface area contributed by atoms with E-state index in [0.717, 1.165) is 16.9 Å². The normalized spacial score (nSPS) is 10.7. The molecule has 0 spiro atoms. The van der Waals surface area contributed by atoms with Crippen LogP contribution in [0, 0.1) is 0 Å². The topological polar surface area (TPSA) is 99.2 Å². The second kappa shape index (κ2) is 10.6. The van der Waals surface area contributed by atoms with Crippen LogP contribution in [0.4, 0.5) is 5.69 Å². The van der Waals surface area contributed by atoms with Gasteiger partial charge >= 0.3 is 5.97 Å². The zero-order valence-corrected chi connectivity index (χ0v) is 18.7. The van der Waals surface area contributed by atoms with Crippen molar-refractivity contribution in [1.29, 1.82) is 0 Å². The maximum atomic E-state index is 12.3. The minimum absolute atomic E-state index is 0.108. The fourth-order valence-corrected chi connectivity index (χ4v) is 3.71. The third-order valence-electron chi connectivity index (χ3n) is 4.54. The van der Waals surface area contributed by atoms with Crippen LogP contribution in [0.15, 0.2) is 77.5 Å². The highest BCUT2D eigenvalue weighted by atomic mass is 32.2. The molecule has 2 heterocycles. The summed E-state index contributed by atoms with van der Waals surface area (Å²) in [4.78, 5) is 28.5. The Kier molecular flexibility index (Phi) is 7.21. The smallest absolute Gasteiger partial charge is 0.358 e. The van der Waals surface area contributed by atoms with Crippen molar-refractivity contribution in [3.8, 4) is 17.1 Å². The lowest BCUT2D eigenvalue weighted by molar-refractivity contribution is -0.113. The Morgan fingerprint density at radius 2 is 1.88 bits per heavy atom. The maximum Gasteiger partial charge on any atom is 0.358 e. The van der Waals surface area contributed by atoms with Gasteiger partial charge in [-0.2, -0.15) is 5.10 Å². The Morgan fingerprint density at radius 1 is 1.09 bits per heavy atom. The first-order valence-corrected chi connectivity index (χ1v) is 11.5. The van der Waals surface area contributed by atoms with Gasteiger partial charge in [0.15, 0.2) is 5.69 Å². The van der Waals surface area contributed by atoms with Crippen molar-refractivity contribution in [3.05, 3.63) is 84.5 Å². The number of amides is 1. The largest absolute Gasteiger partial charge is 0.461 e. The predicted molar refractivity (Wildman–Crippen MR) is 126 cm³/mol. The minimum atomic E-state index is -0.459. The van der Waals surface area contributed by atoms with Crippen molar-refractivity contribution in [2.45, 2.75) is 12.7 Å². The molecule has 33 heavy (non-hydrogen) atoms. The molecule has 4 rings (SSSR count). The summed E-state index contributed by atoms with van der Waals surface area (Å²) >= 11 is 1.46. The molecule has 0 unspecified atom stereocenters. The Bertz CT molecular complexity index is 1220. The fourth-order valence-electron chi connectivity index (χ4n) is 3.01. The van der Waals surface area contributed by atoms with Gasteiger partial charge in [0.2, 0.25) is 11.8 Å². The minimum Gasteiger partial charge on any atom is -0.461 e. The molecule has 2 aromatic carbocycles. The number of aromatic nitrogens is 3. The molecule has 0 saturated heterocycles. The Labute approximate surface area is 195 Å². The van der Waals surface area contributed by atoms with Crippen LogP contribution in [0.1, 0.15) is 23.1 Å². The molecule has 4 aromatic rings. The maximum absolute atomic E-state index is 12.3. The first-order chi connectivity index (χ1) is 16.1. The van der Waals surface area contributed by atoms with E-state index in [1.165, 1.54) is 11.8 Å². The molecule has 0 saturated carbocycles. The van der Waals surface area contributed by atoms with Crippen molar-refractivity contribution >= 4 is 29.3 Å². The molecule has 1 N–H and O–H groups in total. The Balaban J connectivity index is 1.25. The highest BCUT2D eigenvalue weighted by Crippen LogP contribution is 2.21. The van der Waals surface area contributed by atoms with Gasteiger partial charge in [-0.25, -0.2) is 14.5 Å². The van der Waals surface area contributed by atoms with Crippen LogP contribution < -0.4 is 5.32 Å². The van der Waals surface area contributed by atoms with Gasteiger partial charge in [0.05, 0.1) is 23.7 Å². The van der Waals surface area contributed by atoms with E-state index in [-0.39, 0.29) is 17.4 Å². The van der Waals surface area contributed by atoms with Crippen LogP contribution in [0.25, 0.3) is 17.1 Å². The molecule has 2 aromatic heterocycles. The highest BCUT2D eigenvalue weighted by molar-refractivity contribution is 7.99. The van der Waals surface area contributed by atoms with Crippen molar-refractivity contribution in [1.82, 2.24) is 14.8 Å². The van der Waals surface area contributed by atoms with Crippen molar-refractivity contribution < 1.29 is 18.7 Å². The summed E-state index contributed by atoms with van der Waals surface area (Å²) < 4.78 is 12.0. The second-order valence-corrected chi connectivity index (χ2v) is 7.95.